The molecule has 2 aliphatic rings. The number of rotatable bonds is 2. The van der Waals surface area contributed by atoms with E-state index >= 15 is 0 Å². The standard InChI is InChI=1S/C15H26N2/c1-4-10-17-12-15(8-6-5-7-9-15)16-11-14(17)13(2)3/h1,13-14,16H,5-12H2,2-3H3. The van der Waals surface area contributed by atoms with Crippen molar-refractivity contribution in [3.8, 4) is 12.3 Å². The quantitative estimate of drug-likeness (QED) is 0.737. The van der Waals surface area contributed by atoms with E-state index in [1.54, 1.807) is 0 Å². The van der Waals surface area contributed by atoms with E-state index in [4.69, 9.17) is 6.42 Å². The number of piperazine rings is 1. The van der Waals surface area contributed by atoms with Gasteiger partial charge >= 0.3 is 0 Å². The molecule has 0 aromatic rings. The van der Waals surface area contributed by atoms with Crippen LogP contribution in [0.2, 0.25) is 0 Å². The minimum atomic E-state index is 0.375. The SMILES string of the molecule is C#CCN1CC2(CCCCC2)NCC1C(C)C. The Morgan fingerprint density at radius 1 is 1.35 bits per heavy atom. The van der Waals surface area contributed by atoms with E-state index in [2.05, 4.69) is 30.0 Å². The van der Waals surface area contributed by atoms with Gasteiger partial charge in [0.1, 0.15) is 0 Å². The molecule has 2 rings (SSSR count). The molecular weight excluding hydrogens is 208 g/mol. The van der Waals surface area contributed by atoms with Gasteiger partial charge in [0.05, 0.1) is 6.54 Å². The molecule has 1 spiro atoms. The summed E-state index contributed by atoms with van der Waals surface area (Å²) >= 11 is 0. The zero-order valence-corrected chi connectivity index (χ0v) is 11.3. The van der Waals surface area contributed by atoms with Crippen LogP contribution in [-0.2, 0) is 0 Å². The summed E-state index contributed by atoms with van der Waals surface area (Å²) in [6, 6.07) is 0.610. The molecule has 0 bridgehead atoms. The average molecular weight is 234 g/mol. The normalized spacial score (nSPS) is 29.4. The molecule has 1 unspecified atom stereocenters. The average Bonchev–Trinajstić information content (AvgIpc) is 2.30. The summed E-state index contributed by atoms with van der Waals surface area (Å²) in [7, 11) is 0. The smallest absolute Gasteiger partial charge is 0.0602 e. The van der Waals surface area contributed by atoms with Gasteiger partial charge in [-0.2, -0.15) is 0 Å². The summed E-state index contributed by atoms with van der Waals surface area (Å²) < 4.78 is 0. The fourth-order valence-corrected chi connectivity index (χ4v) is 3.52. The van der Waals surface area contributed by atoms with Gasteiger partial charge in [-0.15, -0.1) is 6.42 Å². The van der Waals surface area contributed by atoms with Gasteiger partial charge in [0.15, 0.2) is 0 Å². The molecule has 0 aromatic carbocycles. The van der Waals surface area contributed by atoms with Crippen LogP contribution in [0, 0.1) is 18.3 Å². The molecule has 1 atom stereocenters. The van der Waals surface area contributed by atoms with Crippen molar-refractivity contribution >= 4 is 0 Å². The second-order valence-corrected chi connectivity index (χ2v) is 6.14. The van der Waals surface area contributed by atoms with Crippen molar-refractivity contribution in [1.29, 1.82) is 0 Å². The lowest BCUT2D eigenvalue weighted by molar-refractivity contribution is 0.0466. The summed E-state index contributed by atoms with van der Waals surface area (Å²) in [5.41, 5.74) is 0.375. The highest BCUT2D eigenvalue weighted by atomic mass is 15.3. The summed E-state index contributed by atoms with van der Waals surface area (Å²) in [6.45, 7) is 7.68. The number of hydrogen-bond donors (Lipinski definition) is 1. The zero-order chi connectivity index (χ0) is 12.3. The van der Waals surface area contributed by atoms with Gasteiger partial charge in [-0.3, -0.25) is 4.90 Å². The highest BCUT2D eigenvalue weighted by Gasteiger charge is 2.40. The van der Waals surface area contributed by atoms with Crippen molar-refractivity contribution in [2.75, 3.05) is 19.6 Å². The predicted octanol–water partition coefficient (Wildman–Crippen LogP) is 2.25. The Labute approximate surface area is 106 Å². The van der Waals surface area contributed by atoms with E-state index in [9.17, 15) is 0 Å². The van der Waals surface area contributed by atoms with Crippen LogP contribution in [0.4, 0.5) is 0 Å². The lowest BCUT2D eigenvalue weighted by Crippen LogP contribution is -2.65. The molecule has 96 valence electrons. The van der Waals surface area contributed by atoms with E-state index in [1.807, 2.05) is 0 Å². The Bertz CT molecular complexity index is 284. The van der Waals surface area contributed by atoms with Gasteiger partial charge in [0.25, 0.3) is 0 Å². The zero-order valence-electron chi connectivity index (χ0n) is 11.3. The van der Waals surface area contributed by atoms with Crippen molar-refractivity contribution in [2.45, 2.75) is 57.5 Å². The first-order valence-corrected chi connectivity index (χ1v) is 7.09. The Hall–Kier alpha value is -0.520. The molecule has 1 saturated carbocycles. The Balaban J connectivity index is 2.05. The highest BCUT2D eigenvalue weighted by molar-refractivity contribution is 5.03. The first-order valence-electron chi connectivity index (χ1n) is 7.09. The van der Waals surface area contributed by atoms with Crippen LogP contribution >= 0.6 is 0 Å². The third-order valence-electron chi connectivity index (χ3n) is 4.54. The molecule has 2 fully saturated rings. The van der Waals surface area contributed by atoms with Crippen molar-refractivity contribution in [1.82, 2.24) is 10.2 Å². The fourth-order valence-electron chi connectivity index (χ4n) is 3.52. The summed E-state index contributed by atoms with van der Waals surface area (Å²) in [6.07, 6.45) is 12.4. The lowest BCUT2D eigenvalue weighted by atomic mass is 9.78. The maximum Gasteiger partial charge on any atom is 0.0602 e. The molecule has 1 aliphatic carbocycles. The van der Waals surface area contributed by atoms with E-state index < -0.39 is 0 Å². The van der Waals surface area contributed by atoms with Crippen LogP contribution < -0.4 is 5.32 Å². The predicted molar refractivity (Wildman–Crippen MR) is 72.9 cm³/mol. The van der Waals surface area contributed by atoms with Crippen LogP contribution in [0.3, 0.4) is 0 Å². The second-order valence-electron chi connectivity index (χ2n) is 6.14. The molecule has 1 saturated heterocycles. The van der Waals surface area contributed by atoms with Gasteiger partial charge < -0.3 is 5.32 Å². The van der Waals surface area contributed by atoms with Crippen molar-refractivity contribution in [2.24, 2.45) is 5.92 Å². The molecule has 1 heterocycles. The third-order valence-corrected chi connectivity index (χ3v) is 4.54. The second kappa shape index (κ2) is 5.42. The van der Waals surface area contributed by atoms with Gasteiger partial charge in [-0.25, -0.2) is 0 Å². The lowest BCUT2D eigenvalue weighted by Gasteiger charge is -2.50. The van der Waals surface area contributed by atoms with E-state index in [0.717, 1.165) is 19.6 Å². The molecule has 0 radical (unpaired) electrons. The third kappa shape index (κ3) is 2.84. The van der Waals surface area contributed by atoms with Crippen molar-refractivity contribution in [3.63, 3.8) is 0 Å². The first kappa shape index (κ1) is 12.9. The maximum absolute atomic E-state index is 5.53. The Morgan fingerprint density at radius 2 is 2.06 bits per heavy atom. The monoisotopic (exact) mass is 234 g/mol. The Morgan fingerprint density at radius 3 is 2.65 bits per heavy atom. The first-order chi connectivity index (χ1) is 8.17. The number of hydrogen-bond acceptors (Lipinski definition) is 2. The van der Waals surface area contributed by atoms with Crippen molar-refractivity contribution in [3.05, 3.63) is 0 Å². The summed E-state index contributed by atoms with van der Waals surface area (Å²) in [5.74, 6) is 3.52. The fraction of sp³-hybridized carbons (Fsp3) is 0.867. The van der Waals surface area contributed by atoms with Gasteiger partial charge in [0, 0.05) is 24.7 Å². The molecule has 1 aliphatic heterocycles. The topological polar surface area (TPSA) is 15.3 Å². The van der Waals surface area contributed by atoms with E-state index in [0.29, 0.717) is 17.5 Å². The molecule has 17 heavy (non-hydrogen) atoms. The van der Waals surface area contributed by atoms with Crippen molar-refractivity contribution < 1.29 is 0 Å². The molecule has 0 aromatic heterocycles. The van der Waals surface area contributed by atoms with Gasteiger partial charge in [0.2, 0.25) is 0 Å². The van der Waals surface area contributed by atoms with E-state index in [1.165, 1.54) is 32.1 Å². The molecule has 0 amide bonds. The molecular formula is C15H26N2. The van der Waals surface area contributed by atoms with Gasteiger partial charge in [-0.05, 0) is 18.8 Å². The van der Waals surface area contributed by atoms with Gasteiger partial charge in [-0.1, -0.05) is 39.0 Å². The summed E-state index contributed by atoms with van der Waals surface area (Å²) in [4.78, 5) is 2.53. The van der Waals surface area contributed by atoms with Crippen LogP contribution in [0.15, 0.2) is 0 Å². The number of terminal acetylenes is 1. The molecule has 1 N–H and O–H groups in total. The van der Waals surface area contributed by atoms with E-state index in [-0.39, 0.29) is 0 Å². The summed E-state index contributed by atoms with van der Waals surface area (Å²) in [5, 5.41) is 3.84. The number of nitrogens with one attached hydrogen (secondary N) is 1. The minimum absolute atomic E-state index is 0.375. The minimum Gasteiger partial charge on any atom is -0.308 e. The molecule has 2 nitrogen and oxygen atoms in total. The van der Waals surface area contributed by atoms with Crippen LogP contribution in [0.1, 0.15) is 46.0 Å². The highest BCUT2D eigenvalue weighted by Crippen LogP contribution is 2.32. The maximum atomic E-state index is 5.53. The Kier molecular flexibility index (Phi) is 4.12. The number of nitrogens with zero attached hydrogens (tertiary/aromatic N) is 1. The van der Waals surface area contributed by atoms with Crippen LogP contribution in [0.5, 0.6) is 0 Å². The molecule has 2 heteroatoms. The van der Waals surface area contributed by atoms with Crippen LogP contribution in [0.25, 0.3) is 0 Å². The largest absolute Gasteiger partial charge is 0.308 e. The van der Waals surface area contributed by atoms with Crippen LogP contribution in [-0.4, -0.2) is 36.1 Å².